The molecule has 0 aliphatic carbocycles. The number of halogens is 1. The smallest absolute Gasteiger partial charge is 0.248 e. The quantitative estimate of drug-likeness (QED) is 0.859. The van der Waals surface area contributed by atoms with Crippen LogP contribution in [0.1, 0.15) is 24.0 Å². The summed E-state index contributed by atoms with van der Waals surface area (Å²) >= 11 is 0. The average Bonchev–Trinajstić information content (AvgIpc) is 3.00. The molecule has 2 aromatic rings. The first-order valence-corrected chi connectivity index (χ1v) is 8.18. The normalized spacial score (nSPS) is 14.3. The van der Waals surface area contributed by atoms with Gasteiger partial charge in [-0.1, -0.05) is 29.8 Å². The van der Waals surface area contributed by atoms with Gasteiger partial charge in [0.15, 0.2) is 0 Å². The molecule has 0 radical (unpaired) electrons. The number of rotatable bonds is 4. The minimum absolute atomic E-state index is 0.0725. The molecule has 128 valence electrons. The molecule has 2 aromatic carbocycles. The van der Waals surface area contributed by atoms with Crippen molar-refractivity contribution < 1.29 is 14.0 Å². The second-order valence-electron chi connectivity index (χ2n) is 6.05. The van der Waals surface area contributed by atoms with E-state index >= 15 is 0 Å². The molecule has 2 amide bonds. The zero-order chi connectivity index (χ0) is 17.8. The van der Waals surface area contributed by atoms with Crippen LogP contribution in [0.25, 0.3) is 6.08 Å². The van der Waals surface area contributed by atoms with Gasteiger partial charge < -0.3 is 10.2 Å². The molecular formula is C20H19FN2O2. The van der Waals surface area contributed by atoms with E-state index in [0.29, 0.717) is 18.7 Å². The summed E-state index contributed by atoms with van der Waals surface area (Å²) in [6.07, 6.45) is 4.28. The molecule has 1 aliphatic heterocycles. The van der Waals surface area contributed by atoms with E-state index in [2.05, 4.69) is 5.32 Å². The van der Waals surface area contributed by atoms with Gasteiger partial charge in [0, 0.05) is 24.7 Å². The Morgan fingerprint density at radius 3 is 2.60 bits per heavy atom. The van der Waals surface area contributed by atoms with Gasteiger partial charge in [-0.05, 0) is 43.2 Å². The van der Waals surface area contributed by atoms with Crippen molar-refractivity contribution in [1.29, 1.82) is 0 Å². The molecule has 0 atom stereocenters. The lowest BCUT2D eigenvalue weighted by atomic mass is 10.1. The molecule has 1 saturated heterocycles. The van der Waals surface area contributed by atoms with Gasteiger partial charge in [0.05, 0.1) is 5.69 Å². The molecule has 0 aromatic heterocycles. The maximum absolute atomic E-state index is 14.3. The lowest BCUT2D eigenvalue weighted by Crippen LogP contribution is -2.24. The van der Waals surface area contributed by atoms with E-state index in [1.54, 1.807) is 12.1 Å². The summed E-state index contributed by atoms with van der Waals surface area (Å²) in [4.78, 5) is 25.1. The van der Waals surface area contributed by atoms with Crippen molar-refractivity contribution in [3.05, 3.63) is 65.5 Å². The zero-order valence-electron chi connectivity index (χ0n) is 14.0. The Morgan fingerprint density at radius 1 is 1.20 bits per heavy atom. The Labute approximate surface area is 146 Å². The summed E-state index contributed by atoms with van der Waals surface area (Å²) in [5.41, 5.74) is 2.67. The average molecular weight is 338 g/mol. The van der Waals surface area contributed by atoms with Crippen LogP contribution in [-0.2, 0) is 9.59 Å². The summed E-state index contributed by atoms with van der Waals surface area (Å²) in [6.45, 7) is 2.52. The summed E-state index contributed by atoms with van der Waals surface area (Å²) in [6, 6.07) is 12.1. The van der Waals surface area contributed by atoms with Crippen molar-refractivity contribution in [2.45, 2.75) is 19.8 Å². The summed E-state index contributed by atoms with van der Waals surface area (Å²) in [7, 11) is 0. The molecular weight excluding hydrogens is 319 g/mol. The highest BCUT2D eigenvalue weighted by Gasteiger charge is 2.24. The van der Waals surface area contributed by atoms with Crippen LogP contribution < -0.4 is 10.2 Å². The third-order valence-corrected chi connectivity index (χ3v) is 4.08. The first kappa shape index (κ1) is 16.9. The Balaban J connectivity index is 1.66. The van der Waals surface area contributed by atoms with Gasteiger partial charge >= 0.3 is 0 Å². The van der Waals surface area contributed by atoms with Crippen LogP contribution in [0, 0.1) is 12.7 Å². The lowest BCUT2D eigenvalue weighted by molar-refractivity contribution is -0.117. The topological polar surface area (TPSA) is 49.4 Å². The van der Waals surface area contributed by atoms with E-state index in [1.807, 2.05) is 31.2 Å². The highest BCUT2D eigenvalue weighted by Crippen LogP contribution is 2.26. The molecule has 0 unspecified atom stereocenters. The van der Waals surface area contributed by atoms with E-state index in [9.17, 15) is 14.0 Å². The molecule has 5 heteroatoms. The van der Waals surface area contributed by atoms with Crippen molar-refractivity contribution in [3.63, 3.8) is 0 Å². The van der Waals surface area contributed by atoms with Crippen LogP contribution in [0.4, 0.5) is 15.8 Å². The molecule has 3 rings (SSSR count). The fourth-order valence-electron chi connectivity index (χ4n) is 2.74. The van der Waals surface area contributed by atoms with Gasteiger partial charge in [0.2, 0.25) is 11.8 Å². The maximum Gasteiger partial charge on any atom is 0.248 e. The highest BCUT2D eigenvalue weighted by molar-refractivity contribution is 6.02. The fourth-order valence-corrected chi connectivity index (χ4v) is 2.74. The van der Waals surface area contributed by atoms with Crippen molar-refractivity contribution in [2.24, 2.45) is 0 Å². The van der Waals surface area contributed by atoms with Crippen molar-refractivity contribution in [1.82, 2.24) is 0 Å². The predicted octanol–water partition coefficient (Wildman–Crippen LogP) is 3.91. The van der Waals surface area contributed by atoms with Crippen LogP contribution in [0.15, 0.2) is 48.5 Å². The number of carbonyl (C=O) groups is 2. The second-order valence-corrected chi connectivity index (χ2v) is 6.05. The number of carbonyl (C=O) groups excluding carboxylic acids is 2. The minimum Gasteiger partial charge on any atom is -0.322 e. The van der Waals surface area contributed by atoms with Crippen molar-refractivity contribution in [3.8, 4) is 0 Å². The van der Waals surface area contributed by atoms with E-state index < -0.39 is 5.82 Å². The van der Waals surface area contributed by atoms with E-state index in [1.165, 1.54) is 23.1 Å². The third-order valence-electron chi connectivity index (χ3n) is 4.08. The highest BCUT2D eigenvalue weighted by atomic mass is 19.1. The van der Waals surface area contributed by atoms with Crippen LogP contribution in [-0.4, -0.2) is 18.4 Å². The van der Waals surface area contributed by atoms with E-state index in [0.717, 1.165) is 17.5 Å². The third kappa shape index (κ3) is 4.12. The Morgan fingerprint density at radius 2 is 1.96 bits per heavy atom. The number of amides is 2. The van der Waals surface area contributed by atoms with Gasteiger partial charge in [-0.2, -0.15) is 0 Å². The standard InChI is InChI=1S/C20H19FN2O2/c1-14-4-6-15(7-5-14)8-11-19(24)22-16-9-10-18(17(21)13-16)23-12-2-3-20(23)25/h4-11,13H,2-3,12H2,1H3,(H,22,24)/b11-8+. The Kier molecular flexibility index (Phi) is 4.93. The van der Waals surface area contributed by atoms with Gasteiger partial charge in [-0.25, -0.2) is 4.39 Å². The van der Waals surface area contributed by atoms with E-state index in [4.69, 9.17) is 0 Å². The minimum atomic E-state index is -0.518. The van der Waals surface area contributed by atoms with Gasteiger partial charge in [-0.15, -0.1) is 0 Å². The molecule has 0 saturated carbocycles. The van der Waals surface area contributed by atoms with Crippen LogP contribution in [0.5, 0.6) is 0 Å². The molecule has 1 aliphatic rings. The number of nitrogens with zero attached hydrogens (tertiary/aromatic N) is 1. The number of anilines is 2. The lowest BCUT2D eigenvalue weighted by Gasteiger charge is -2.17. The number of hydrogen-bond donors (Lipinski definition) is 1. The maximum atomic E-state index is 14.3. The monoisotopic (exact) mass is 338 g/mol. The zero-order valence-corrected chi connectivity index (χ0v) is 14.0. The molecule has 1 N–H and O–H groups in total. The van der Waals surface area contributed by atoms with Crippen LogP contribution >= 0.6 is 0 Å². The largest absolute Gasteiger partial charge is 0.322 e. The Hall–Kier alpha value is -2.95. The summed E-state index contributed by atoms with van der Waals surface area (Å²) in [5, 5.41) is 2.62. The number of aryl methyl sites for hydroxylation is 1. The SMILES string of the molecule is Cc1ccc(/C=C/C(=O)Nc2ccc(N3CCCC3=O)c(F)c2)cc1. The van der Waals surface area contributed by atoms with Crippen LogP contribution in [0.3, 0.4) is 0 Å². The van der Waals surface area contributed by atoms with Gasteiger partial charge in [0.1, 0.15) is 5.82 Å². The van der Waals surface area contributed by atoms with Gasteiger partial charge in [-0.3, -0.25) is 9.59 Å². The van der Waals surface area contributed by atoms with Crippen molar-refractivity contribution in [2.75, 3.05) is 16.8 Å². The van der Waals surface area contributed by atoms with Crippen molar-refractivity contribution >= 4 is 29.3 Å². The van der Waals surface area contributed by atoms with E-state index in [-0.39, 0.29) is 17.5 Å². The van der Waals surface area contributed by atoms with Crippen LogP contribution in [0.2, 0.25) is 0 Å². The summed E-state index contributed by atoms with van der Waals surface area (Å²) < 4.78 is 14.3. The predicted molar refractivity (Wildman–Crippen MR) is 96.8 cm³/mol. The first-order chi connectivity index (χ1) is 12.0. The molecule has 0 spiro atoms. The molecule has 1 fully saturated rings. The van der Waals surface area contributed by atoms with Gasteiger partial charge in [0.25, 0.3) is 0 Å². The number of benzene rings is 2. The first-order valence-electron chi connectivity index (χ1n) is 8.18. The Bertz CT molecular complexity index is 828. The molecule has 1 heterocycles. The summed E-state index contributed by atoms with van der Waals surface area (Å²) in [5.74, 6) is -0.933. The molecule has 25 heavy (non-hydrogen) atoms. The second kappa shape index (κ2) is 7.30. The molecule has 4 nitrogen and oxygen atoms in total. The number of hydrogen-bond acceptors (Lipinski definition) is 2. The molecule has 0 bridgehead atoms. The fraction of sp³-hybridized carbons (Fsp3) is 0.200. The number of nitrogens with one attached hydrogen (secondary N) is 1.